The first-order valence-electron chi connectivity index (χ1n) is 3.64. The highest BCUT2D eigenvalue weighted by molar-refractivity contribution is 8.22. The van der Waals surface area contributed by atoms with Gasteiger partial charge in [0.1, 0.15) is 4.32 Å². The van der Waals surface area contributed by atoms with Gasteiger partial charge in [-0.2, -0.15) is 0 Å². The zero-order valence-electron chi connectivity index (χ0n) is 6.81. The molecule has 1 atom stereocenters. The van der Waals surface area contributed by atoms with Crippen LogP contribution in [-0.2, 0) is 0 Å². The largest absolute Gasteiger partial charge is 0.369 e. The number of thioether (sulfide) groups is 1. The highest BCUT2D eigenvalue weighted by Gasteiger charge is 1.99. The summed E-state index contributed by atoms with van der Waals surface area (Å²) in [4.78, 5) is 0. The van der Waals surface area contributed by atoms with Gasteiger partial charge in [0.05, 0.1) is 0 Å². The van der Waals surface area contributed by atoms with Crippen molar-refractivity contribution < 1.29 is 0 Å². The third-order valence-electron chi connectivity index (χ3n) is 1.25. The van der Waals surface area contributed by atoms with E-state index in [0.29, 0.717) is 6.04 Å². The molecule has 60 valence electrons. The van der Waals surface area contributed by atoms with Crippen LogP contribution in [0.2, 0.25) is 0 Å². The summed E-state index contributed by atoms with van der Waals surface area (Å²) >= 11 is 6.74. The molecule has 1 N–H and O–H groups in total. The van der Waals surface area contributed by atoms with E-state index >= 15 is 0 Å². The standard InChI is InChI=1S/C7H15NS2/c1-4-6(3)8-7(9)10-5-2/h6H,4-5H2,1-3H3,(H,8,9). The zero-order valence-corrected chi connectivity index (χ0v) is 8.44. The minimum absolute atomic E-state index is 0.520. The van der Waals surface area contributed by atoms with Gasteiger partial charge in [0.2, 0.25) is 0 Å². The van der Waals surface area contributed by atoms with E-state index in [1.165, 1.54) is 0 Å². The fourth-order valence-electron chi connectivity index (χ4n) is 0.476. The number of thiocarbonyl (C=S) groups is 1. The van der Waals surface area contributed by atoms with E-state index in [4.69, 9.17) is 12.2 Å². The van der Waals surface area contributed by atoms with Crippen LogP contribution in [0.3, 0.4) is 0 Å². The van der Waals surface area contributed by atoms with Gasteiger partial charge in [-0.15, -0.1) is 0 Å². The molecular formula is C7H15NS2. The minimum Gasteiger partial charge on any atom is -0.369 e. The maximum Gasteiger partial charge on any atom is 0.133 e. The Morgan fingerprint density at radius 1 is 1.60 bits per heavy atom. The van der Waals surface area contributed by atoms with Crippen molar-refractivity contribution in [1.82, 2.24) is 5.32 Å². The Kier molecular flexibility index (Phi) is 6.13. The number of rotatable bonds is 3. The van der Waals surface area contributed by atoms with Crippen LogP contribution in [0.15, 0.2) is 0 Å². The van der Waals surface area contributed by atoms with Gasteiger partial charge in [0.25, 0.3) is 0 Å². The van der Waals surface area contributed by atoms with Crippen molar-refractivity contribution in [2.24, 2.45) is 0 Å². The maximum absolute atomic E-state index is 5.05. The smallest absolute Gasteiger partial charge is 0.133 e. The number of hydrogen-bond acceptors (Lipinski definition) is 2. The summed E-state index contributed by atoms with van der Waals surface area (Å²) in [5, 5.41) is 3.22. The van der Waals surface area contributed by atoms with E-state index in [2.05, 4.69) is 26.1 Å². The summed E-state index contributed by atoms with van der Waals surface area (Å²) in [5.41, 5.74) is 0. The molecule has 0 bridgehead atoms. The van der Waals surface area contributed by atoms with Crippen LogP contribution in [-0.4, -0.2) is 16.1 Å². The van der Waals surface area contributed by atoms with E-state index in [0.717, 1.165) is 16.5 Å². The van der Waals surface area contributed by atoms with Crippen molar-refractivity contribution >= 4 is 28.3 Å². The van der Waals surface area contributed by atoms with Gasteiger partial charge in [-0.05, 0) is 19.1 Å². The predicted molar refractivity (Wildman–Crippen MR) is 53.6 cm³/mol. The van der Waals surface area contributed by atoms with Gasteiger partial charge < -0.3 is 5.32 Å². The van der Waals surface area contributed by atoms with Crippen LogP contribution in [0, 0.1) is 0 Å². The maximum atomic E-state index is 5.05. The molecule has 0 amide bonds. The monoisotopic (exact) mass is 177 g/mol. The minimum atomic E-state index is 0.520. The topological polar surface area (TPSA) is 12.0 Å². The molecule has 0 saturated heterocycles. The van der Waals surface area contributed by atoms with Crippen LogP contribution >= 0.6 is 24.0 Å². The van der Waals surface area contributed by atoms with Crippen molar-refractivity contribution in [2.75, 3.05) is 5.75 Å². The Hall–Kier alpha value is 0.240. The molecule has 0 aliphatic rings. The predicted octanol–water partition coefficient (Wildman–Crippen LogP) is 2.41. The summed E-state index contributed by atoms with van der Waals surface area (Å²) in [5.74, 6) is 1.06. The molecule has 0 aliphatic carbocycles. The number of hydrogen-bond donors (Lipinski definition) is 1. The van der Waals surface area contributed by atoms with E-state index < -0.39 is 0 Å². The van der Waals surface area contributed by atoms with Crippen molar-refractivity contribution in [2.45, 2.75) is 33.2 Å². The molecule has 0 rings (SSSR count). The molecule has 3 heteroatoms. The van der Waals surface area contributed by atoms with Gasteiger partial charge in [0.15, 0.2) is 0 Å². The molecule has 0 fully saturated rings. The molecule has 0 saturated carbocycles. The average Bonchev–Trinajstić information content (AvgIpc) is 1.88. The molecule has 1 nitrogen and oxygen atoms in total. The lowest BCUT2D eigenvalue weighted by molar-refractivity contribution is 0.651. The lowest BCUT2D eigenvalue weighted by Crippen LogP contribution is -2.28. The molecular weight excluding hydrogens is 162 g/mol. The van der Waals surface area contributed by atoms with Gasteiger partial charge in [-0.25, -0.2) is 0 Å². The molecule has 0 spiro atoms. The molecule has 0 radical (unpaired) electrons. The van der Waals surface area contributed by atoms with E-state index in [9.17, 15) is 0 Å². The van der Waals surface area contributed by atoms with Crippen molar-refractivity contribution in [1.29, 1.82) is 0 Å². The second-order valence-corrected chi connectivity index (χ2v) is 4.12. The van der Waals surface area contributed by atoms with E-state index in [-0.39, 0.29) is 0 Å². The van der Waals surface area contributed by atoms with Crippen LogP contribution in [0.5, 0.6) is 0 Å². The van der Waals surface area contributed by atoms with Gasteiger partial charge in [-0.1, -0.05) is 37.8 Å². The Morgan fingerprint density at radius 3 is 2.60 bits per heavy atom. The average molecular weight is 177 g/mol. The summed E-state index contributed by atoms with van der Waals surface area (Å²) in [6.07, 6.45) is 1.13. The number of nitrogens with one attached hydrogen (secondary N) is 1. The molecule has 1 unspecified atom stereocenters. The van der Waals surface area contributed by atoms with Crippen molar-refractivity contribution in [3.63, 3.8) is 0 Å². The molecule has 0 aromatic heterocycles. The summed E-state index contributed by atoms with van der Waals surface area (Å²) in [7, 11) is 0. The highest BCUT2D eigenvalue weighted by Crippen LogP contribution is 2.01. The Morgan fingerprint density at radius 2 is 2.20 bits per heavy atom. The normalized spacial score (nSPS) is 12.7. The molecule has 0 aliphatic heterocycles. The third-order valence-corrected chi connectivity index (χ3v) is 2.39. The second-order valence-electron chi connectivity index (χ2n) is 2.17. The van der Waals surface area contributed by atoms with Crippen LogP contribution < -0.4 is 5.32 Å². The fourth-order valence-corrected chi connectivity index (χ4v) is 1.58. The third kappa shape index (κ3) is 5.06. The van der Waals surface area contributed by atoms with Crippen molar-refractivity contribution in [3.8, 4) is 0 Å². The first-order chi connectivity index (χ1) is 4.70. The summed E-state index contributed by atoms with van der Waals surface area (Å²) in [6.45, 7) is 6.40. The highest BCUT2D eigenvalue weighted by atomic mass is 32.2. The molecule has 0 heterocycles. The van der Waals surface area contributed by atoms with Gasteiger partial charge in [0, 0.05) is 6.04 Å². The van der Waals surface area contributed by atoms with E-state index in [1.807, 2.05) is 0 Å². The molecule has 10 heavy (non-hydrogen) atoms. The van der Waals surface area contributed by atoms with Crippen LogP contribution in [0.1, 0.15) is 27.2 Å². The Balaban J connectivity index is 3.37. The first kappa shape index (κ1) is 10.2. The van der Waals surface area contributed by atoms with Crippen molar-refractivity contribution in [3.05, 3.63) is 0 Å². The SMILES string of the molecule is CCSC(=S)NC(C)CC. The molecule has 0 aromatic carbocycles. The molecule has 0 aromatic rings. The lowest BCUT2D eigenvalue weighted by Gasteiger charge is -2.11. The first-order valence-corrected chi connectivity index (χ1v) is 5.03. The van der Waals surface area contributed by atoms with Gasteiger partial charge in [-0.3, -0.25) is 0 Å². The second kappa shape index (κ2) is 5.98. The fraction of sp³-hybridized carbons (Fsp3) is 0.857. The Labute approximate surface area is 73.0 Å². The zero-order chi connectivity index (χ0) is 7.98. The van der Waals surface area contributed by atoms with E-state index in [1.54, 1.807) is 11.8 Å². The quantitative estimate of drug-likeness (QED) is 0.665. The lowest BCUT2D eigenvalue weighted by atomic mass is 10.3. The van der Waals surface area contributed by atoms with Crippen LogP contribution in [0.4, 0.5) is 0 Å². The Bertz CT molecular complexity index is 104. The summed E-state index contributed by atoms with van der Waals surface area (Å²) < 4.78 is 0.928. The van der Waals surface area contributed by atoms with Crippen LogP contribution in [0.25, 0.3) is 0 Å². The summed E-state index contributed by atoms with van der Waals surface area (Å²) in [6, 6.07) is 0.520. The van der Waals surface area contributed by atoms with Gasteiger partial charge >= 0.3 is 0 Å².